The van der Waals surface area contributed by atoms with Gasteiger partial charge in [-0.1, -0.05) is 43.3 Å². The van der Waals surface area contributed by atoms with Crippen molar-refractivity contribution < 1.29 is 0 Å². The van der Waals surface area contributed by atoms with Crippen LogP contribution in [0.1, 0.15) is 49.7 Å². The normalized spacial score (nSPS) is 20.2. The second kappa shape index (κ2) is 6.17. The Morgan fingerprint density at radius 2 is 2.28 bits per heavy atom. The minimum atomic E-state index is 0.318. The molecule has 2 rings (SSSR count). The molecule has 18 heavy (non-hydrogen) atoms. The number of hydrazine groups is 1. The first kappa shape index (κ1) is 13.3. The lowest BCUT2D eigenvalue weighted by atomic mass is 9.77. The van der Waals surface area contributed by atoms with E-state index >= 15 is 0 Å². The highest BCUT2D eigenvalue weighted by atomic mass is 15.2. The third-order valence-corrected chi connectivity index (χ3v) is 4.12. The van der Waals surface area contributed by atoms with E-state index in [1.54, 1.807) is 0 Å². The van der Waals surface area contributed by atoms with Gasteiger partial charge in [0.05, 0.1) is 0 Å². The van der Waals surface area contributed by atoms with Crippen LogP contribution < -0.4 is 11.3 Å². The van der Waals surface area contributed by atoms with E-state index < -0.39 is 0 Å². The molecule has 2 heteroatoms. The molecule has 1 aromatic carbocycles. The predicted molar refractivity (Wildman–Crippen MR) is 77.3 cm³/mol. The molecule has 0 spiro atoms. The van der Waals surface area contributed by atoms with Crippen LogP contribution in [0.15, 0.2) is 36.4 Å². The van der Waals surface area contributed by atoms with Crippen molar-refractivity contribution in [2.45, 2.75) is 51.0 Å². The fraction of sp³-hybridized carbons (Fsp3) is 0.500. The van der Waals surface area contributed by atoms with E-state index in [1.807, 2.05) is 0 Å². The maximum Gasteiger partial charge on any atom is 0.0316 e. The maximum absolute atomic E-state index is 5.77. The Morgan fingerprint density at radius 1 is 1.50 bits per heavy atom. The van der Waals surface area contributed by atoms with Gasteiger partial charge in [0.1, 0.15) is 0 Å². The summed E-state index contributed by atoms with van der Waals surface area (Å²) < 4.78 is 0. The van der Waals surface area contributed by atoms with Gasteiger partial charge >= 0.3 is 0 Å². The van der Waals surface area contributed by atoms with Crippen molar-refractivity contribution in [3.8, 4) is 0 Å². The van der Waals surface area contributed by atoms with Crippen LogP contribution in [0.3, 0.4) is 0 Å². The lowest BCUT2D eigenvalue weighted by Crippen LogP contribution is -2.41. The van der Waals surface area contributed by atoms with Crippen molar-refractivity contribution in [1.29, 1.82) is 0 Å². The molecule has 1 aliphatic rings. The zero-order valence-electron chi connectivity index (χ0n) is 11.3. The van der Waals surface area contributed by atoms with Gasteiger partial charge in [-0.25, -0.2) is 0 Å². The highest BCUT2D eigenvalue weighted by molar-refractivity contribution is 5.34. The first-order valence-electron chi connectivity index (χ1n) is 6.96. The van der Waals surface area contributed by atoms with Crippen LogP contribution in [-0.2, 0) is 6.42 Å². The molecule has 2 atom stereocenters. The smallest absolute Gasteiger partial charge is 0.0316 e. The molecule has 0 aromatic heterocycles. The molecule has 2 nitrogen and oxygen atoms in total. The van der Waals surface area contributed by atoms with Crippen molar-refractivity contribution >= 4 is 0 Å². The molecule has 0 amide bonds. The average molecular weight is 244 g/mol. The summed E-state index contributed by atoms with van der Waals surface area (Å²) in [7, 11) is 0. The highest BCUT2D eigenvalue weighted by Crippen LogP contribution is 2.35. The third-order valence-electron chi connectivity index (χ3n) is 4.12. The van der Waals surface area contributed by atoms with Gasteiger partial charge in [-0.3, -0.25) is 11.3 Å². The van der Waals surface area contributed by atoms with Gasteiger partial charge in [0, 0.05) is 12.0 Å². The lowest BCUT2D eigenvalue weighted by Gasteiger charge is -2.32. The molecule has 98 valence electrons. The van der Waals surface area contributed by atoms with Crippen LogP contribution in [0.4, 0.5) is 0 Å². The van der Waals surface area contributed by atoms with Crippen molar-refractivity contribution in [1.82, 2.24) is 5.43 Å². The minimum absolute atomic E-state index is 0.318. The van der Waals surface area contributed by atoms with Crippen molar-refractivity contribution in [2.75, 3.05) is 0 Å². The molecule has 3 N–H and O–H groups in total. The van der Waals surface area contributed by atoms with Crippen molar-refractivity contribution in [3.05, 3.63) is 47.5 Å². The van der Waals surface area contributed by atoms with E-state index in [1.165, 1.54) is 36.0 Å². The van der Waals surface area contributed by atoms with Gasteiger partial charge in [0.15, 0.2) is 0 Å². The summed E-state index contributed by atoms with van der Waals surface area (Å²) in [5, 5.41) is 0. The van der Waals surface area contributed by atoms with Crippen LogP contribution in [0.25, 0.3) is 0 Å². The maximum atomic E-state index is 5.77. The van der Waals surface area contributed by atoms with Crippen LogP contribution in [0, 0.1) is 0 Å². The predicted octanol–water partition coefficient (Wildman–Crippen LogP) is 3.29. The van der Waals surface area contributed by atoms with Crippen LogP contribution in [0.2, 0.25) is 0 Å². The summed E-state index contributed by atoms with van der Waals surface area (Å²) >= 11 is 0. The van der Waals surface area contributed by atoms with Gasteiger partial charge < -0.3 is 0 Å². The van der Waals surface area contributed by atoms with Gasteiger partial charge in [0.25, 0.3) is 0 Å². The minimum Gasteiger partial charge on any atom is -0.271 e. The molecule has 0 heterocycles. The Morgan fingerprint density at radius 3 is 3.00 bits per heavy atom. The van der Waals surface area contributed by atoms with Crippen molar-refractivity contribution in [3.63, 3.8) is 0 Å². The number of hydrogen-bond donors (Lipinski definition) is 2. The van der Waals surface area contributed by atoms with Gasteiger partial charge in [0.2, 0.25) is 0 Å². The fourth-order valence-electron chi connectivity index (χ4n) is 2.98. The van der Waals surface area contributed by atoms with E-state index in [4.69, 9.17) is 5.84 Å². The fourth-order valence-corrected chi connectivity index (χ4v) is 2.98. The molecule has 0 bridgehead atoms. The van der Waals surface area contributed by atoms with Crippen LogP contribution in [0.5, 0.6) is 0 Å². The first-order valence-corrected chi connectivity index (χ1v) is 6.96. The van der Waals surface area contributed by atoms with Crippen LogP contribution >= 0.6 is 0 Å². The Bertz CT molecular complexity index is 411. The molecule has 0 saturated heterocycles. The molecule has 1 aromatic rings. The molecule has 0 aliphatic heterocycles. The van der Waals surface area contributed by atoms with Crippen LogP contribution in [-0.4, -0.2) is 6.04 Å². The number of fused-ring (bicyclic) bond motifs is 1. The molecule has 1 aliphatic carbocycles. The summed E-state index contributed by atoms with van der Waals surface area (Å²) in [6.45, 7) is 6.27. The molecular weight excluding hydrogens is 220 g/mol. The van der Waals surface area contributed by atoms with E-state index in [-0.39, 0.29) is 0 Å². The molecular formula is C16H24N2. The zero-order chi connectivity index (χ0) is 13.0. The Kier molecular flexibility index (Phi) is 4.56. The number of rotatable bonds is 5. The summed E-state index contributed by atoms with van der Waals surface area (Å²) in [4.78, 5) is 0. The topological polar surface area (TPSA) is 38.0 Å². The Balaban J connectivity index is 2.19. The summed E-state index contributed by atoms with van der Waals surface area (Å²) in [5.74, 6) is 6.30. The number of nitrogens with one attached hydrogen (secondary N) is 1. The van der Waals surface area contributed by atoms with Gasteiger partial charge in [-0.15, -0.1) is 0 Å². The number of nitrogens with two attached hydrogens (primary N) is 1. The first-order chi connectivity index (χ1) is 8.76. The molecule has 0 fully saturated rings. The standard InChI is InChI=1S/C16H24N2/c1-3-12(2)11-16(18-17)15-10-6-8-13-7-4-5-9-14(13)15/h4-5,7,9,15-16,18H,2-3,6,8,10-11,17H2,1H3. The Labute approximate surface area is 110 Å². The van der Waals surface area contributed by atoms with Crippen molar-refractivity contribution in [2.24, 2.45) is 5.84 Å². The quantitative estimate of drug-likeness (QED) is 0.474. The molecule has 0 saturated carbocycles. The summed E-state index contributed by atoms with van der Waals surface area (Å²) in [6, 6.07) is 9.11. The third kappa shape index (κ3) is 2.82. The van der Waals surface area contributed by atoms with Gasteiger partial charge in [-0.2, -0.15) is 0 Å². The highest BCUT2D eigenvalue weighted by Gasteiger charge is 2.27. The largest absolute Gasteiger partial charge is 0.271 e. The second-order valence-corrected chi connectivity index (χ2v) is 5.28. The van der Waals surface area contributed by atoms with E-state index in [2.05, 4.69) is 43.2 Å². The number of aryl methyl sites for hydroxylation is 1. The number of benzene rings is 1. The average Bonchev–Trinajstić information content (AvgIpc) is 2.44. The lowest BCUT2D eigenvalue weighted by molar-refractivity contribution is 0.392. The number of hydrogen-bond acceptors (Lipinski definition) is 2. The molecule has 2 unspecified atom stereocenters. The van der Waals surface area contributed by atoms with E-state index in [9.17, 15) is 0 Å². The molecule has 0 radical (unpaired) electrons. The summed E-state index contributed by atoms with van der Waals surface area (Å²) in [5.41, 5.74) is 7.27. The zero-order valence-corrected chi connectivity index (χ0v) is 11.3. The van der Waals surface area contributed by atoms with E-state index in [0.717, 1.165) is 12.8 Å². The SMILES string of the molecule is C=C(CC)CC(NN)C1CCCc2ccccc21. The monoisotopic (exact) mass is 244 g/mol. The van der Waals surface area contributed by atoms with Gasteiger partial charge in [-0.05, 0) is 43.2 Å². The second-order valence-electron chi connectivity index (χ2n) is 5.28. The Hall–Kier alpha value is -1.12. The summed E-state index contributed by atoms with van der Waals surface area (Å²) in [6.07, 6.45) is 5.71. The van der Waals surface area contributed by atoms with E-state index in [0.29, 0.717) is 12.0 Å².